The van der Waals surface area contributed by atoms with Crippen molar-refractivity contribution in [1.29, 1.82) is 0 Å². The number of nitrogen functional groups attached to an aromatic ring is 1. The van der Waals surface area contributed by atoms with E-state index in [0.29, 0.717) is 25.0 Å². The van der Waals surface area contributed by atoms with E-state index in [-0.39, 0.29) is 40.0 Å². The number of anilines is 2. The maximum absolute atomic E-state index is 15.6. The average Bonchev–Trinajstić information content (AvgIpc) is 3.51. The maximum Gasteiger partial charge on any atom is 0.341 e. The summed E-state index contributed by atoms with van der Waals surface area (Å²) in [6.45, 7) is 5.06. The number of nitrogens with two attached hydrogens (primary N) is 2. The zero-order valence-corrected chi connectivity index (χ0v) is 17.4. The van der Waals surface area contributed by atoms with Crippen LogP contribution in [0.15, 0.2) is 11.0 Å². The highest BCUT2D eigenvalue weighted by atomic mass is 19.1. The van der Waals surface area contributed by atoms with Crippen molar-refractivity contribution >= 4 is 28.2 Å². The lowest BCUT2D eigenvalue weighted by molar-refractivity contribution is 0.0695. The van der Waals surface area contributed by atoms with Gasteiger partial charge >= 0.3 is 5.97 Å². The second-order valence-electron chi connectivity index (χ2n) is 8.95. The molecule has 4 rings (SSSR count). The third-order valence-electron chi connectivity index (χ3n) is 6.38. The Morgan fingerprint density at radius 3 is 2.53 bits per heavy atom. The minimum atomic E-state index is -1.37. The van der Waals surface area contributed by atoms with Crippen molar-refractivity contribution in [2.24, 2.45) is 11.1 Å². The molecule has 1 saturated carbocycles. The van der Waals surface area contributed by atoms with E-state index >= 15 is 4.39 Å². The molecule has 1 atom stereocenters. The number of nitrogens with zero attached hydrogens (tertiary/aromatic N) is 2. The molecule has 8 nitrogen and oxygen atoms in total. The summed E-state index contributed by atoms with van der Waals surface area (Å²) < 4.78 is 22.9. The standard InChI is InChI=1S/C21H27FN4O4/c1-21(2)9-25(7-6-12(21)23)17-14(22)15(24)13-16(19(17)30-3)26(10-4-5-10)8-11(18(13)27)20(28)29/h8,10,12H,4-7,9,23-24H2,1-3H3,(H,28,29)/t12-/m1/s1. The van der Waals surface area contributed by atoms with Gasteiger partial charge in [-0.3, -0.25) is 4.79 Å². The van der Waals surface area contributed by atoms with Crippen LogP contribution in [0, 0.1) is 11.2 Å². The van der Waals surface area contributed by atoms with Crippen LogP contribution < -0.4 is 26.5 Å². The molecule has 0 bridgehead atoms. The third kappa shape index (κ3) is 2.99. The van der Waals surface area contributed by atoms with Crippen LogP contribution in [0.4, 0.5) is 15.8 Å². The number of ether oxygens (including phenoxy) is 1. The molecule has 2 fully saturated rings. The molecule has 2 aromatic rings. The first-order valence-corrected chi connectivity index (χ1v) is 10.1. The summed E-state index contributed by atoms with van der Waals surface area (Å²) in [6.07, 6.45) is 3.65. The first kappa shape index (κ1) is 20.5. The van der Waals surface area contributed by atoms with Gasteiger partial charge in [-0.25, -0.2) is 9.18 Å². The average molecular weight is 418 g/mol. The molecule has 9 heteroatoms. The Labute approximate surface area is 173 Å². The number of hydrogen-bond acceptors (Lipinski definition) is 6. The number of halogens is 1. The van der Waals surface area contributed by atoms with Crippen molar-refractivity contribution in [2.45, 2.75) is 45.2 Å². The van der Waals surface area contributed by atoms with Crippen LogP contribution >= 0.6 is 0 Å². The fourth-order valence-electron chi connectivity index (χ4n) is 4.40. The highest BCUT2D eigenvalue weighted by Crippen LogP contribution is 2.47. The van der Waals surface area contributed by atoms with Crippen molar-refractivity contribution in [2.75, 3.05) is 30.8 Å². The van der Waals surface area contributed by atoms with Crippen molar-refractivity contribution in [3.63, 3.8) is 0 Å². The second-order valence-corrected chi connectivity index (χ2v) is 8.95. The molecule has 162 valence electrons. The number of pyridine rings is 1. The Bertz CT molecular complexity index is 1110. The molecule has 1 aliphatic heterocycles. The number of aromatic carboxylic acids is 1. The summed E-state index contributed by atoms with van der Waals surface area (Å²) in [6, 6.07) is -0.00703. The Morgan fingerprint density at radius 2 is 2.00 bits per heavy atom. The number of carboxylic acid groups (broad SMARTS) is 1. The highest BCUT2D eigenvalue weighted by molar-refractivity contribution is 6.03. The summed E-state index contributed by atoms with van der Waals surface area (Å²) in [5, 5.41) is 9.33. The van der Waals surface area contributed by atoms with Gasteiger partial charge in [0.15, 0.2) is 11.6 Å². The van der Waals surface area contributed by atoms with Gasteiger partial charge in [0.05, 0.1) is 23.7 Å². The molecule has 0 unspecified atom stereocenters. The Balaban J connectivity index is 2.06. The quantitative estimate of drug-likeness (QED) is 0.651. The number of aromatic nitrogens is 1. The zero-order valence-electron chi connectivity index (χ0n) is 17.4. The smallest absolute Gasteiger partial charge is 0.341 e. The number of methoxy groups -OCH3 is 1. The Hall–Kier alpha value is -2.81. The molecular weight excluding hydrogens is 391 g/mol. The van der Waals surface area contributed by atoms with Gasteiger partial charge in [-0.15, -0.1) is 0 Å². The first-order valence-electron chi connectivity index (χ1n) is 10.1. The second kappa shape index (κ2) is 6.87. The van der Waals surface area contributed by atoms with E-state index in [1.807, 2.05) is 18.7 Å². The summed E-state index contributed by atoms with van der Waals surface area (Å²) in [4.78, 5) is 26.4. The lowest BCUT2D eigenvalue weighted by Crippen LogP contribution is -2.52. The fraction of sp³-hybridized carbons (Fsp3) is 0.524. The number of carbonyl (C=O) groups is 1. The van der Waals surface area contributed by atoms with Crippen LogP contribution in [0.25, 0.3) is 10.9 Å². The minimum absolute atomic E-state index is 0.0176. The number of piperidine rings is 1. The van der Waals surface area contributed by atoms with E-state index in [0.717, 1.165) is 12.8 Å². The van der Waals surface area contributed by atoms with Crippen molar-refractivity contribution in [1.82, 2.24) is 4.57 Å². The van der Waals surface area contributed by atoms with Gasteiger partial charge in [0, 0.05) is 31.4 Å². The van der Waals surface area contributed by atoms with Gasteiger partial charge in [-0.1, -0.05) is 13.8 Å². The number of rotatable bonds is 4. The molecule has 1 saturated heterocycles. The number of benzene rings is 1. The van der Waals surface area contributed by atoms with Crippen LogP contribution in [-0.2, 0) is 0 Å². The maximum atomic E-state index is 15.6. The molecule has 30 heavy (non-hydrogen) atoms. The summed E-state index contributed by atoms with van der Waals surface area (Å²) >= 11 is 0. The molecule has 0 radical (unpaired) electrons. The number of carboxylic acids is 1. The molecule has 1 aromatic heterocycles. The monoisotopic (exact) mass is 418 g/mol. The molecule has 1 aliphatic carbocycles. The van der Waals surface area contributed by atoms with Crippen molar-refractivity contribution < 1.29 is 19.0 Å². The summed E-state index contributed by atoms with van der Waals surface area (Å²) in [5.41, 5.74) is 11.0. The van der Waals surface area contributed by atoms with Gasteiger partial charge in [0.2, 0.25) is 5.43 Å². The van der Waals surface area contributed by atoms with Crippen LogP contribution in [0.1, 0.15) is 49.5 Å². The normalized spacial score (nSPS) is 21.1. The van der Waals surface area contributed by atoms with Crippen LogP contribution in [0.5, 0.6) is 5.75 Å². The van der Waals surface area contributed by atoms with Gasteiger partial charge < -0.3 is 30.8 Å². The topological polar surface area (TPSA) is 124 Å². The van der Waals surface area contributed by atoms with E-state index in [4.69, 9.17) is 16.2 Å². The van der Waals surface area contributed by atoms with Gasteiger partial charge in [-0.2, -0.15) is 0 Å². The predicted molar refractivity (Wildman–Crippen MR) is 113 cm³/mol. The van der Waals surface area contributed by atoms with Crippen molar-refractivity contribution in [3.8, 4) is 5.75 Å². The zero-order chi connectivity index (χ0) is 22.0. The van der Waals surface area contributed by atoms with Gasteiger partial charge in [0.1, 0.15) is 11.3 Å². The van der Waals surface area contributed by atoms with Gasteiger partial charge in [-0.05, 0) is 24.7 Å². The molecule has 0 amide bonds. The number of fused-ring (bicyclic) bond motifs is 1. The predicted octanol–water partition coefficient (Wildman–Crippen LogP) is 2.33. The Kier molecular flexibility index (Phi) is 4.68. The van der Waals surface area contributed by atoms with E-state index in [2.05, 4.69) is 0 Å². The molecule has 0 spiro atoms. The Morgan fingerprint density at radius 1 is 1.33 bits per heavy atom. The lowest BCUT2D eigenvalue weighted by atomic mass is 9.79. The molecule has 2 aliphatic rings. The van der Waals surface area contributed by atoms with Crippen molar-refractivity contribution in [3.05, 3.63) is 27.8 Å². The van der Waals surface area contributed by atoms with Gasteiger partial charge in [0.25, 0.3) is 0 Å². The first-order chi connectivity index (χ1) is 14.1. The SMILES string of the molecule is COc1c(N2CC[C@@H](N)C(C)(C)C2)c(F)c(N)c2c(=O)c(C(=O)O)cn(C3CC3)c12. The summed E-state index contributed by atoms with van der Waals surface area (Å²) in [5.74, 6) is -1.94. The fourth-order valence-corrected chi connectivity index (χ4v) is 4.40. The van der Waals surface area contributed by atoms with E-state index in [1.165, 1.54) is 13.3 Å². The molecular formula is C21H27FN4O4. The van der Waals surface area contributed by atoms with E-state index in [1.54, 1.807) is 4.57 Å². The molecule has 1 aromatic carbocycles. The highest BCUT2D eigenvalue weighted by Gasteiger charge is 2.38. The minimum Gasteiger partial charge on any atom is -0.492 e. The van der Waals surface area contributed by atoms with E-state index < -0.39 is 22.8 Å². The van der Waals surface area contributed by atoms with Crippen LogP contribution in [-0.4, -0.2) is 41.9 Å². The van der Waals surface area contributed by atoms with Crippen LogP contribution in [0.2, 0.25) is 0 Å². The third-order valence-corrected chi connectivity index (χ3v) is 6.38. The largest absolute Gasteiger partial charge is 0.492 e. The lowest BCUT2D eigenvalue weighted by Gasteiger charge is -2.44. The van der Waals surface area contributed by atoms with Crippen LogP contribution in [0.3, 0.4) is 0 Å². The van der Waals surface area contributed by atoms with E-state index in [9.17, 15) is 14.7 Å². The molecule has 2 heterocycles. The number of hydrogen-bond donors (Lipinski definition) is 3. The molecule has 5 N–H and O–H groups in total. The summed E-state index contributed by atoms with van der Waals surface area (Å²) in [7, 11) is 1.42.